The zero-order chi connectivity index (χ0) is 21.8. The first-order valence-electron chi connectivity index (χ1n) is 10.1. The van der Waals surface area contributed by atoms with Gasteiger partial charge in [-0.15, -0.1) is 0 Å². The largest absolute Gasteiger partial charge is 0.379 e. The lowest BCUT2D eigenvalue weighted by Crippen LogP contribution is -2.44. The van der Waals surface area contributed by atoms with Gasteiger partial charge in [-0.3, -0.25) is 14.3 Å². The number of carbonyl (C=O) groups excluding carboxylic acids is 1. The molecule has 31 heavy (non-hydrogen) atoms. The third kappa shape index (κ3) is 4.69. The summed E-state index contributed by atoms with van der Waals surface area (Å²) in [5.41, 5.74) is 1.55. The number of amides is 1. The van der Waals surface area contributed by atoms with Crippen LogP contribution in [0.4, 0.5) is 0 Å². The van der Waals surface area contributed by atoms with Crippen molar-refractivity contribution in [1.82, 2.24) is 24.8 Å². The Morgan fingerprint density at radius 1 is 1.16 bits per heavy atom. The lowest BCUT2D eigenvalue weighted by atomic mass is 10.0. The predicted octanol–water partition coefficient (Wildman–Crippen LogP) is 1.54. The number of nitrogens with zero attached hydrogens (tertiary/aromatic N) is 4. The van der Waals surface area contributed by atoms with E-state index in [-0.39, 0.29) is 11.9 Å². The Morgan fingerprint density at radius 2 is 1.84 bits per heavy atom. The first-order valence-corrected chi connectivity index (χ1v) is 10.4. The van der Waals surface area contributed by atoms with Gasteiger partial charge in [-0.1, -0.05) is 36.9 Å². The van der Waals surface area contributed by atoms with Crippen LogP contribution in [0.5, 0.6) is 0 Å². The van der Waals surface area contributed by atoms with Crippen LogP contribution in [-0.2, 0) is 4.74 Å². The average molecular weight is 438 g/mol. The van der Waals surface area contributed by atoms with Crippen molar-refractivity contribution in [3.05, 3.63) is 75.6 Å². The lowest BCUT2D eigenvalue weighted by molar-refractivity contribution is 0.0162. The number of hydrogen-bond acceptors (Lipinski definition) is 5. The molecule has 1 amide bonds. The smallest absolute Gasteiger partial charge is 0.253 e. The maximum absolute atomic E-state index is 13.0. The highest BCUT2D eigenvalue weighted by molar-refractivity contribution is 6.30. The van der Waals surface area contributed by atoms with Crippen molar-refractivity contribution in [2.45, 2.75) is 6.04 Å². The highest BCUT2D eigenvalue weighted by Gasteiger charge is 2.24. The van der Waals surface area contributed by atoms with E-state index in [1.54, 1.807) is 29.2 Å². The van der Waals surface area contributed by atoms with E-state index in [9.17, 15) is 4.79 Å². The zero-order valence-electron chi connectivity index (χ0n) is 17.1. The molecule has 1 fully saturated rings. The SMILES string of the molecule is C=c1c(C(=O)NCC(c2ccc(Cl)cc2)N2CCOCC2)cn(-c2ncccn2)c1=C. The van der Waals surface area contributed by atoms with Crippen molar-refractivity contribution in [2.24, 2.45) is 0 Å². The summed E-state index contributed by atoms with van der Waals surface area (Å²) in [5.74, 6) is 0.237. The number of ether oxygens (including phenoxy) is 1. The highest BCUT2D eigenvalue weighted by atomic mass is 35.5. The van der Waals surface area contributed by atoms with Crippen molar-refractivity contribution < 1.29 is 9.53 Å². The highest BCUT2D eigenvalue weighted by Crippen LogP contribution is 2.23. The van der Waals surface area contributed by atoms with Gasteiger partial charge in [0.05, 0.1) is 24.8 Å². The molecule has 7 nitrogen and oxygen atoms in total. The summed E-state index contributed by atoms with van der Waals surface area (Å²) in [6.45, 7) is 11.4. The summed E-state index contributed by atoms with van der Waals surface area (Å²) in [6, 6.07) is 9.48. The van der Waals surface area contributed by atoms with Gasteiger partial charge in [0.25, 0.3) is 5.91 Å². The Bertz CT molecular complexity index is 1140. The molecular weight excluding hydrogens is 414 g/mol. The molecule has 1 aliphatic heterocycles. The van der Waals surface area contributed by atoms with Crippen LogP contribution in [0, 0.1) is 0 Å². The quantitative estimate of drug-likeness (QED) is 0.633. The summed E-state index contributed by atoms with van der Waals surface area (Å²) in [7, 11) is 0. The van der Waals surface area contributed by atoms with E-state index in [2.05, 4.69) is 33.3 Å². The second-order valence-corrected chi connectivity index (χ2v) is 7.75. The molecular formula is C23H24ClN5O2. The molecule has 0 radical (unpaired) electrons. The third-order valence-electron chi connectivity index (χ3n) is 5.43. The van der Waals surface area contributed by atoms with Crippen LogP contribution in [0.3, 0.4) is 0 Å². The maximum atomic E-state index is 13.0. The van der Waals surface area contributed by atoms with Crippen LogP contribution in [0.15, 0.2) is 48.9 Å². The molecule has 1 atom stereocenters. The zero-order valence-corrected chi connectivity index (χ0v) is 17.9. The Balaban J connectivity index is 1.55. The van der Waals surface area contributed by atoms with Gasteiger partial charge in [0, 0.05) is 53.8 Å². The summed E-state index contributed by atoms with van der Waals surface area (Å²) >= 11 is 6.07. The topological polar surface area (TPSA) is 72.3 Å². The van der Waals surface area contributed by atoms with Crippen LogP contribution in [0.25, 0.3) is 19.1 Å². The number of benzene rings is 1. The van der Waals surface area contributed by atoms with Gasteiger partial charge in [0.2, 0.25) is 5.95 Å². The normalized spacial score (nSPS) is 15.5. The molecule has 4 rings (SSSR count). The Labute approximate surface area is 185 Å². The molecule has 8 heteroatoms. The molecule has 160 valence electrons. The van der Waals surface area contributed by atoms with Gasteiger partial charge in [-0.25, -0.2) is 9.97 Å². The molecule has 1 aromatic carbocycles. The van der Waals surface area contributed by atoms with Gasteiger partial charge in [-0.2, -0.15) is 0 Å². The van der Waals surface area contributed by atoms with Crippen molar-refractivity contribution in [3.8, 4) is 5.95 Å². The van der Waals surface area contributed by atoms with E-state index < -0.39 is 0 Å². The van der Waals surface area contributed by atoms with E-state index in [0.717, 1.165) is 18.7 Å². The molecule has 1 aliphatic rings. The molecule has 0 saturated carbocycles. The van der Waals surface area contributed by atoms with E-state index in [0.29, 0.717) is 46.9 Å². The molecule has 1 saturated heterocycles. The number of carbonyl (C=O) groups is 1. The van der Waals surface area contributed by atoms with E-state index >= 15 is 0 Å². The number of nitrogens with one attached hydrogen (secondary N) is 1. The number of rotatable bonds is 6. The summed E-state index contributed by atoms with van der Waals surface area (Å²) in [4.78, 5) is 23.8. The number of morpholine rings is 1. The fraction of sp³-hybridized carbons (Fsp3) is 0.261. The van der Waals surface area contributed by atoms with Crippen LogP contribution in [-0.4, -0.2) is 58.2 Å². The van der Waals surface area contributed by atoms with Gasteiger partial charge in [0.1, 0.15) is 0 Å². The third-order valence-corrected chi connectivity index (χ3v) is 5.68. The standard InChI is InChI=1S/C23H24ClN5O2/c1-16-17(2)29(23-25-8-3-9-26-23)15-20(16)22(30)27-14-21(28-10-12-31-13-11-28)18-4-6-19(24)7-5-18/h3-9,15,21H,1-2,10-14H2,(H,27,30). The second kappa shape index (κ2) is 9.43. The Morgan fingerprint density at radius 3 is 2.52 bits per heavy atom. The Hall–Kier alpha value is -3.00. The molecule has 1 N–H and O–H groups in total. The van der Waals surface area contributed by atoms with Crippen molar-refractivity contribution >= 4 is 30.7 Å². The van der Waals surface area contributed by atoms with Gasteiger partial charge >= 0.3 is 0 Å². The van der Waals surface area contributed by atoms with E-state index in [1.807, 2.05) is 24.3 Å². The molecule has 3 aromatic rings. The molecule has 0 aliphatic carbocycles. The number of halogens is 1. The number of hydrogen-bond donors (Lipinski definition) is 1. The predicted molar refractivity (Wildman–Crippen MR) is 121 cm³/mol. The van der Waals surface area contributed by atoms with Crippen LogP contribution in [0.1, 0.15) is 22.0 Å². The van der Waals surface area contributed by atoms with Gasteiger partial charge in [0.15, 0.2) is 0 Å². The molecule has 0 bridgehead atoms. The minimum atomic E-state index is -0.211. The summed E-state index contributed by atoms with van der Waals surface area (Å²) in [6.07, 6.45) is 4.97. The van der Waals surface area contributed by atoms with E-state index in [1.165, 1.54) is 0 Å². The molecule has 2 aromatic heterocycles. The van der Waals surface area contributed by atoms with E-state index in [4.69, 9.17) is 16.3 Å². The average Bonchev–Trinajstić information content (AvgIpc) is 3.11. The molecule has 3 heterocycles. The first-order chi connectivity index (χ1) is 15.0. The van der Waals surface area contributed by atoms with Crippen LogP contribution >= 0.6 is 11.6 Å². The first kappa shape index (κ1) is 21.2. The summed E-state index contributed by atoms with van der Waals surface area (Å²) < 4.78 is 7.17. The Kier molecular flexibility index (Phi) is 6.46. The fourth-order valence-corrected chi connectivity index (χ4v) is 3.82. The van der Waals surface area contributed by atoms with Crippen LogP contribution < -0.4 is 15.9 Å². The maximum Gasteiger partial charge on any atom is 0.253 e. The minimum Gasteiger partial charge on any atom is -0.379 e. The minimum absolute atomic E-state index is 0.0112. The monoisotopic (exact) mass is 437 g/mol. The second-order valence-electron chi connectivity index (χ2n) is 7.31. The van der Waals surface area contributed by atoms with Crippen LogP contribution in [0.2, 0.25) is 5.02 Å². The number of aromatic nitrogens is 3. The summed E-state index contributed by atoms with van der Waals surface area (Å²) in [5, 5.41) is 4.89. The van der Waals surface area contributed by atoms with Crippen molar-refractivity contribution in [3.63, 3.8) is 0 Å². The molecule has 0 spiro atoms. The lowest BCUT2D eigenvalue weighted by Gasteiger charge is -2.35. The van der Waals surface area contributed by atoms with Crippen molar-refractivity contribution in [1.29, 1.82) is 0 Å². The van der Waals surface area contributed by atoms with Gasteiger partial charge in [-0.05, 0) is 23.8 Å². The fourth-order valence-electron chi connectivity index (χ4n) is 3.69. The van der Waals surface area contributed by atoms with Gasteiger partial charge < -0.3 is 10.1 Å². The molecule has 1 unspecified atom stereocenters. The van der Waals surface area contributed by atoms with Crippen molar-refractivity contribution in [2.75, 3.05) is 32.8 Å².